The monoisotopic (exact) mass is 197 g/mol. The summed E-state index contributed by atoms with van der Waals surface area (Å²) in [4.78, 5) is 11.2. The molecular formula is C11H19NO2. The Kier molecular flexibility index (Phi) is 3.69. The number of carbonyl (C=O) groups is 1. The number of carboxylic acid groups (broad SMARTS) is 1. The first-order valence-corrected chi connectivity index (χ1v) is 5.19. The molecule has 0 spiro atoms. The average molecular weight is 197 g/mol. The molecule has 3 N–H and O–H groups in total. The molecule has 0 aliphatic heterocycles. The molecule has 3 heteroatoms. The quantitative estimate of drug-likeness (QED) is 0.675. The summed E-state index contributed by atoms with van der Waals surface area (Å²) in [7, 11) is 0. The number of rotatable bonds is 4. The van der Waals surface area contributed by atoms with Crippen molar-refractivity contribution in [2.75, 3.05) is 6.54 Å². The predicted molar refractivity (Wildman–Crippen MR) is 55.9 cm³/mol. The third kappa shape index (κ3) is 2.15. The van der Waals surface area contributed by atoms with E-state index in [2.05, 4.69) is 6.58 Å². The minimum atomic E-state index is -0.673. The van der Waals surface area contributed by atoms with Crippen molar-refractivity contribution in [1.29, 1.82) is 0 Å². The first kappa shape index (κ1) is 11.2. The molecule has 14 heavy (non-hydrogen) atoms. The normalized spacial score (nSPS) is 32.5. The number of allylic oxidation sites excluding steroid dienone is 1. The van der Waals surface area contributed by atoms with Crippen LogP contribution in [-0.4, -0.2) is 17.6 Å². The molecule has 1 aliphatic rings. The molecule has 0 radical (unpaired) electrons. The van der Waals surface area contributed by atoms with Gasteiger partial charge in [0.2, 0.25) is 0 Å². The van der Waals surface area contributed by atoms with Gasteiger partial charge in [-0.05, 0) is 44.6 Å². The van der Waals surface area contributed by atoms with Gasteiger partial charge in [0.05, 0.1) is 5.41 Å². The third-order valence-corrected chi connectivity index (χ3v) is 3.38. The zero-order chi connectivity index (χ0) is 10.6. The van der Waals surface area contributed by atoms with Crippen molar-refractivity contribution < 1.29 is 9.90 Å². The molecule has 1 saturated carbocycles. The van der Waals surface area contributed by atoms with E-state index in [9.17, 15) is 9.90 Å². The molecule has 0 saturated heterocycles. The van der Waals surface area contributed by atoms with Crippen LogP contribution < -0.4 is 5.73 Å². The minimum Gasteiger partial charge on any atom is -0.481 e. The van der Waals surface area contributed by atoms with E-state index in [0.717, 1.165) is 25.7 Å². The first-order chi connectivity index (χ1) is 6.64. The van der Waals surface area contributed by atoms with E-state index in [4.69, 9.17) is 5.73 Å². The average Bonchev–Trinajstić information content (AvgIpc) is 2.19. The number of carboxylic acids is 1. The highest BCUT2D eigenvalue weighted by molar-refractivity contribution is 5.75. The zero-order valence-electron chi connectivity index (χ0n) is 8.54. The molecule has 0 aromatic heterocycles. The van der Waals surface area contributed by atoms with Crippen LogP contribution in [0.3, 0.4) is 0 Å². The lowest BCUT2D eigenvalue weighted by Crippen LogP contribution is -2.36. The Balaban J connectivity index is 2.64. The first-order valence-electron chi connectivity index (χ1n) is 5.19. The van der Waals surface area contributed by atoms with E-state index < -0.39 is 11.4 Å². The van der Waals surface area contributed by atoms with Gasteiger partial charge in [-0.25, -0.2) is 0 Å². The standard InChI is InChI=1S/C11H19NO2/c1-2-5-11(10(13)14)6-3-9(8-12)4-7-11/h2,9H,1,3-8,12H2,(H,13,14). The Morgan fingerprint density at radius 3 is 2.50 bits per heavy atom. The lowest BCUT2D eigenvalue weighted by molar-refractivity contribution is -0.151. The topological polar surface area (TPSA) is 63.3 Å². The van der Waals surface area contributed by atoms with Crippen LogP contribution in [0.1, 0.15) is 32.1 Å². The van der Waals surface area contributed by atoms with Crippen molar-refractivity contribution in [2.24, 2.45) is 17.1 Å². The van der Waals surface area contributed by atoms with Gasteiger partial charge in [-0.1, -0.05) is 6.08 Å². The fraction of sp³-hybridized carbons (Fsp3) is 0.727. The molecule has 1 fully saturated rings. The van der Waals surface area contributed by atoms with Gasteiger partial charge in [0.25, 0.3) is 0 Å². The molecule has 0 atom stereocenters. The van der Waals surface area contributed by atoms with E-state index in [1.165, 1.54) is 0 Å². The Hall–Kier alpha value is -0.830. The van der Waals surface area contributed by atoms with Crippen LogP contribution in [0.15, 0.2) is 12.7 Å². The minimum absolute atomic E-state index is 0.521. The van der Waals surface area contributed by atoms with Gasteiger partial charge in [-0.2, -0.15) is 0 Å². The largest absolute Gasteiger partial charge is 0.481 e. The highest BCUT2D eigenvalue weighted by atomic mass is 16.4. The van der Waals surface area contributed by atoms with Gasteiger partial charge in [0, 0.05) is 0 Å². The van der Waals surface area contributed by atoms with Crippen LogP contribution in [0.25, 0.3) is 0 Å². The smallest absolute Gasteiger partial charge is 0.309 e. The summed E-state index contributed by atoms with van der Waals surface area (Å²) in [5.41, 5.74) is 5.03. The molecule has 0 bridgehead atoms. The lowest BCUT2D eigenvalue weighted by Gasteiger charge is -2.35. The maximum atomic E-state index is 11.2. The van der Waals surface area contributed by atoms with Crippen LogP contribution in [-0.2, 0) is 4.79 Å². The Labute approximate surface area is 85.0 Å². The summed E-state index contributed by atoms with van der Waals surface area (Å²) < 4.78 is 0. The lowest BCUT2D eigenvalue weighted by atomic mass is 9.68. The summed E-state index contributed by atoms with van der Waals surface area (Å²) >= 11 is 0. The molecular weight excluding hydrogens is 178 g/mol. The van der Waals surface area contributed by atoms with Crippen LogP contribution in [0, 0.1) is 11.3 Å². The van der Waals surface area contributed by atoms with Crippen molar-refractivity contribution in [2.45, 2.75) is 32.1 Å². The Bertz CT molecular complexity index is 217. The number of hydrogen-bond donors (Lipinski definition) is 2. The van der Waals surface area contributed by atoms with Crippen LogP contribution in [0.2, 0.25) is 0 Å². The van der Waals surface area contributed by atoms with Gasteiger partial charge >= 0.3 is 5.97 Å². The van der Waals surface area contributed by atoms with Gasteiger partial charge in [0.1, 0.15) is 0 Å². The summed E-state index contributed by atoms with van der Waals surface area (Å²) in [6.07, 6.45) is 5.68. The summed E-state index contributed by atoms with van der Waals surface area (Å²) in [6, 6.07) is 0. The Morgan fingerprint density at radius 2 is 2.14 bits per heavy atom. The molecule has 0 heterocycles. The second-order valence-electron chi connectivity index (χ2n) is 4.26. The molecule has 0 aromatic rings. The van der Waals surface area contributed by atoms with Crippen molar-refractivity contribution in [3.63, 3.8) is 0 Å². The van der Waals surface area contributed by atoms with E-state index >= 15 is 0 Å². The Morgan fingerprint density at radius 1 is 1.57 bits per heavy atom. The van der Waals surface area contributed by atoms with Crippen molar-refractivity contribution in [3.05, 3.63) is 12.7 Å². The van der Waals surface area contributed by atoms with Gasteiger partial charge < -0.3 is 10.8 Å². The van der Waals surface area contributed by atoms with Crippen LogP contribution >= 0.6 is 0 Å². The predicted octanol–water partition coefficient (Wildman–Crippen LogP) is 1.78. The van der Waals surface area contributed by atoms with Gasteiger partial charge in [-0.3, -0.25) is 4.79 Å². The second kappa shape index (κ2) is 4.60. The van der Waals surface area contributed by atoms with Crippen molar-refractivity contribution in [3.8, 4) is 0 Å². The maximum absolute atomic E-state index is 11.2. The van der Waals surface area contributed by atoms with Crippen LogP contribution in [0.4, 0.5) is 0 Å². The maximum Gasteiger partial charge on any atom is 0.309 e. The van der Waals surface area contributed by atoms with Crippen molar-refractivity contribution >= 4 is 5.97 Å². The molecule has 80 valence electrons. The SMILES string of the molecule is C=CCC1(C(=O)O)CCC(CN)CC1. The second-order valence-corrected chi connectivity index (χ2v) is 4.26. The number of aliphatic carboxylic acids is 1. The summed E-state index contributed by atoms with van der Waals surface area (Å²) in [5.74, 6) is -0.153. The van der Waals surface area contributed by atoms with E-state index in [1.807, 2.05) is 0 Å². The third-order valence-electron chi connectivity index (χ3n) is 3.38. The number of nitrogens with two attached hydrogens (primary N) is 1. The van der Waals surface area contributed by atoms with Gasteiger partial charge in [-0.15, -0.1) is 6.58 Å². The molecule has 3 nitrogen and oxygen atoms in total. The van der Waals surface area contributed by atoms with E-state index in [-0.39, 0.29) is 0 Å². The zero-order valence-corrected chi connectivity index (χ0v) is 8.54. The summed E-state index contributed by atoms with van der Waals surface area (Å²) in [6.45, 7) is 4.32. The molecule has 0 unspecified atom stereocenters. The molecule has 0 amide bonds. The molecule has 1 rings (SSSR count). The fourth-order valence-electron chi connectivity index (χ4n) is 2.25. The van der Waals surface area contributed by atoms with Gasteiger partial charge in [0.15, 0.2) is 0 Å². The highest BCUT2D eigenvalue weighted by Gasteiger charge is 2.40. The van der Waals surface area contributed by atoms with E-state index in [1.54, 1.807) is 6.08 Å². The number of hydrogen-bond acceptors (Lipinski definition) is 2. The summed E-state index contributed by atoms with van der Waals surface area (Å²) in [5, 5.41) is 9.20. The fourth-order valence-corrected chi connectivity index (χ4v) is 2.25. The molecule has 0 aromatic carbocycles. The highest BCUT2D eigenvalue weighted by Crippen LogP contribution is 2.41. The molecule has 1 aliphatic carbocycles. The van der Waals surface area contributed by atoms with Crippen LogP contribution in [0.5, 0.6) is 0 Å². The van der Waals surface area contributed by atoms with Crippen molar-refractivity contribution in [1.82, 2.24) is 0 Å². The van der Waals surface area contributed by atoms with E-state index in [0.29, 0.717) is 18.9 Å².